The summed E-state index contributed by atoms with van der Waals surface area (Å²) in [6, 6.07) is 5.19. The second kappa shape index (κ2) is 4.30. The molecule has 3 nitrogen and oxygen atoms in total. The predicted octanol–water partition coefficient (Wildman–Crippen LogP) is 2.00. The Balaban J connectivity index is 2.96. The number of benzene rings is 1. The van der Waals surface area contributed by atoms with Crippen molar-refractivity contribution < 1.29 is 4.74 Å². The Morgan fingerprint density at radius 3 is 2.85 bits per heavy atom. The molecular weight excluding hydrogens is 208 g/mol. The molecule has 0 bridgehead atoms. The SMILES string of the molecule is COc1ccc(Cl)c(NC(N)=S)c1. The van der Waals surface area contributed by atoms with Gasteiger partial charge < -0.3 is 15.8 Å². The van der Waals surface area contributed by atoms with E-state index in [9.17, 15) is 0 Å². The molecule has 0 unspecified atom stereocenters. The number of ether oxygens (including phenoxy) is 1. The molecule has 1 rings (SSSR count). The lowest BCUT2D eigenvalue weighted by Gasteiger charge is -2.07. The molecule has 3 N–H and O–H groups in total. The molecule has 70 valence electrons. The zero-order chi connectivity index (χ0) is 9.84. The van der Waals surface area contributed by atoms with Gasteiger partial charge in [0.2, 0.25) is 0 Å². The van der Waals surface area contributed by atoms with Crippen LogP contribution in [0.25, 0.3) is 0 Å². The van der Waals surface area contributed by atoms with Gasteiger partial charge in [0.1, 0.15) is 5.75 Å². The van der Waals surface area contributed by atoms with Crippen LogP contribution in [0.5, 0.6) is 5.75 Å². The Hall–Kier alpha value is -1.00. The highest BCUT2D eigenvalue weighted by Crippen LogP contribution is 2.26. The number of anilines is 1. The molecule has 0 atom stereocenters. The maximum Gasteiger partial charge on any atom is 0.168 e. The molecule has 0 aliphatic heterocycles. The van der Waals surface area contributed by atoms with E-state index >= 15 is 0 Å². The largest absolute Gasteiger partial charge is 0.497 e. The average Bonchev–Trinajstić information content (AvgIpc) is 2.08. The van der Waals surface area contributed by atoms with E-state index in [0.29, 0.717) is 16.5 Å². The summed E-state index contributed by atoms with van der Waals surface area (Å²) in [7, 11) is 1.58. The van der Waals surface area contributed by atoms with Crippen LogP contribution < -0.4 is 15.8 Å². The Morgan fingerprint density at radius 1 is 1.62 bits per heavy atom. The van der Waals surface area contributed by atoms with E-state index in [1.54, 1.807) is 25.3 Å². The van der Waals surface area contributed by atoms with Gasteiger partial charge in [-0.05, 0) is 24.4 Å². The average molecular weight is 217 g/mol. The molecule has 0 amide bonds. The summed E-state index contributed by atoms with van der Waals surface area (Å²) in [5.74, 6) is 0.697. The zero-order valence-electron chi connectivity index (χ0n) is 7.00. The number of hydrogen-bond donors (Lipinski definition) is 2. The van der Waals surface area contributed by atoms with Crippen molar-refractivity contribution in [1.29, 1.82) is 0 Å². The number of methoxy groups -OCH3 is 1. The molecule has 0 radical (unpaired) electrons. The van der Waals surface area contributed by atoms with Gasteiger partial charge in [-0.25, -0.2) is 0 Å². The van der Waals surface area contributed by atoms with Gasteiger partial charge in [-0.15, -0.1) is 0 Å². The number of nitrogens with one attached hydrogen (secondary N) is 1. The quantitative estimate of drug-likeness (QED) is 0.743. The van der Waals surface area contributed by atoms with Crippen molar-refractivity contribution >= 4 is 34.6 Å². The molecule has 5 heteroatoms. The van der Waals surface area contributed by atoms with Crippen molar-refractivity contribution in [2.24, 2.45) is 5.73 Å². The summed E-state index contributed by atoms with van der Waals surface area (Å²) in [5, 5.41) is 3.47. The van der Waals surface area contributed by atoms with Gasteiger partial charge in [0.25, 0.3) is 0 Å². The Morgan fingerprint density at radius 2 is 2.31 bits per heavy atom. The first-order valence-corrected chi connectivity index (χ1v) is 4.32. The van der Waals surface area contributed by atoms with Gasteiger partial charge in [0, 0.05) is 6.07 Å². The van der Waals surface area contributed by atoms with Crippen LogP contribution in [0.4, 0.5) is 5.69 Å². The molecule has 13 heavy (non-hydrogen) atoms. The fourth-order valence-electron chi connectivity index (χ4n) is 0.860. The van der Waals surface area contributed by atoms with Gasteiger partial charge in [-0.1, -0.05) is 11.6 Å². The maximum absolute atomic E-state index is 5.86. The minimum atomic E-state index is 0.176. The predicted molar refractivity (Wildman–Crippen MR) is 58.4 cm³/mol. The number of rotatable bonds is 2. The fourth-order valence-corrected chi connectivity index (χ4v) is 1.13. The van der Waals surface area contributed by atoms with Crippen LogP contribution in [0.3, 0.4) is 0 Å². The third-order valence-corrected chi connectivity index (χ3v) is 1.86. The van der Waals surface area contributed by atoms with Gasteiger partial charge >= 0.3 is 0 Å². The normalized spacial score (nSPS) is 9.38. The molecule has 0 aromatic heterocycles. The zero-order valence-corrected chi connectivity index (χ0v) is 8.58. The highest BCUT2D eigenvalue weighted by Gasteiger charge is 2.02. The standard InChI is InChI=1S/C8H9ClN2OS/c1-12-5-2-3-6(9)7(4-5)11-8(10)13/h2-4H,1H3,(H3,10,11,13). The monoisotopic (exact) mass is 216 g/mol. The van der Waals surface area contributed by atoms with Crippen LogP contribution in [0.1, 0.15) is 0 Å². The highest BCUT2D eigenvalue weighted by molar-refractivity contribution is 7.80. The molecule has 1 aromatic carbocycles. The van der Waals surface area contributed by atoms with Crippen molar-refractivity contribution in [3.63, 3.8) is 0 Å². The fraction of sp³-hybridized carbons (Fsp3) is 0.125. The van der Waals surface area contributed by atoms with Crippen LogP contribution in [-0.2, 0) is 0 Å². The third-order valence-electron chi connectivity index (χ3n) is 1.43. The van der Waals surface area contributed by atoms with Gasteiger partial charge in [-0.3, -0.25) is 0 Å². The summed E-state index contributed by atoms with van der Waals surface area (Å²) >= 11 is 10.5. The second-order valence-electron chi connectivity index (χ2n) is 2.34. The van der Waals surface area contributed by atoms with E-state index in [4.69, 9.17) is 22.1 Å². The van der Waals surface area contributed by atoms with Gasteiger partial charge in [-0.2, -0.15) is 0 Å². The maximum atomic E-state index is 5.86. The Kier molecular flexibility index (Phi) is 3.33. The minimum absolute atomic E-state index is 0.176. The Bertz CT molecular complexity index is 330. The van der Waals surface area contributed by atoms with Crippen molar-refractivity contribution in [1.82, 2.24) is 0 Å². The first kappa shape index (κ1) is 10.1. The summed E-state index contributed by atoms with van der Waals surface area (Å²) < 4.78 is 5.01. The smallest absolute Gasteiger partial charge is 0.168 e. The summed E-state index contributed by atoms with van der Waals surface area (Å²) in [4.78, 5) is 0. The molecular formula is C8H9ClN2OS. The van der Waals surface area contributed by atoms with E-state index in [1.165, 1.54) is 0 Å². The summed E-state index contributed by atoms with van der Waals surface area (Å²) in [6.07, 6.45) is 0. The number of halogens is 1. The van der Waals surface area contributed by atoms with Gasteiger partial charge in [0.05, 0.1) is 17.8 Å². The minimum Gasteiger partial charge on any atom is -0.497 e. The topological polar surface area (TPSA) is 47.3 Å². The molecule has 0 spiro atoms. The van der Waals surface area contributed by atoms with Crippen LogP contribution in [0, 0.1) is 0 Å². The van der Waals surface area contributed by atoms with E-state index < -0.39 is 0 Å². The molecule has 0 aliphatic carbocycles. The van der Waals surface area contributed by atoms with Crippen LogP contribution in [0.2, 0.25) is 5.02 Å². The van der Waals surface area contributed by atoms with E-state index in [0.717, 1.165) is 0 Å². The number of hydrogen-bond acceptors (Lipinski definition) is 2. The van der Waals surface area contributed by atoms with Crippen molar-refractivity contribution in [3.8, 4) is 5.75 Å². The van der Waals surface area contributed by atoms with Crippen molar-refractivity contribution in [2.45, 2.75) is 0 Å². The lowest BCUT2D eigenvalue weighted by Crippen LogP contribution is -2.19. The molecule has 1 aromatic rings. The summed E-state index contributed by atoms with van der Waals surface area (Å²) in [6.45, 7) is 0. The van der Waals surface area contributed by atoms with Gasteiger partial charge in [0.15, 0.2) is 5.11 Å². The number of thiocarbonyl (C=S) groups is 1. The van der Waals surface area contributed by atoms with Crippen molar-refractivity contribution in [2.75, 3.05) is 12.4 Å². The van der Waals surface area contributed by atoms with Crippen LogP contribution in [0.15, 0.2) is 18.2 Å². The molecule has 0 saturated carbocycles. The van der Waals surface area contributed by atoms with E-state index in [1.807, 2.05) is 0 Å². The third kappa shape index (κ3) is 2.75. The van der Waals surface area contributed by atoms with E-state index in [-0.39, 0.29) is 5.11 Å². The Labute approximate surface area is 86.8 Å². The molecule has 0 heterocycles. The highest BCUT2D eigenvalue weighted by atomic mass is 35.5. The molecule has 0 fully saturated rings. The molecule has 0 saturated heterocycles. The van der Waals surface area contributed by atoms with Crippen LogP contribution >= 0.6 is 23.8 Å². The second-order valence-corrected chi connectivity index (χ2v) is 3.18. The molecule has 0 aliphatic rings. The number of nitrogens with two attached hydrogens (primary N) is 1. The first-order valence-electron chi connectivity index (χ1n) is 3.53. The van der Waals surface area contributed by atoms with Crippen molar-refractivity contribution in [3.05, 3.63) is 23.2 Å². The lowest BCUT2D eigenvalue weighted by atomic mass is 10.3. The summed E-state index contributed by atoms with van der Waals surface area (Å²) in [5.41, 5.74) is 5.95. The van der Waals surface area contributed by atoms with E-state index in [2.05, 4.69) is 17.5 Å². The first-order chi connectivity index (χ1) is 6.13. The van der Waals surface area contributed by atoms with Crippen LogP contribution in [-0.4, -0.2) is 12.2 Å². The lowest BCUT2D eigenvalue weighted by molar-refractivity contribution is 0.415.